The lowest BCUT2D eigenvalue weighted by atomic mass is 10.00. The van der Waals surface area contributed by atoms with Gasteiger partial charge < -0.3 is 10.1 Å². The summed E-state index contributed by atoms with van der Waals surface area (Å²) in [4.78, 5) is 12.1. The zero-order valence-corrected chi connectivity index (χ0v) is 13.0. The normalized spacial score (nSPS) is 17.5. The Kier molecular flexibility index (Phi) is 4.25. The predicted molar refractivity (Wildman–Crippen MR) is 78.7 cm³/mol. The van der Waals surface area contributed by atoms with Gasteiger partial charge in [-0.25, -0.2) is 13.6 Å². The number of primary sulfonamides is 1. The molecule has 0 heterocycles. The standard InChI is InChI=1S/C14H20N2O4S/c1-14(7-3-4-8-14)16-13(17)10-5-6-11(20-2)12(9-10)21(15,18)19/h5-6,9H,3-4,7-8H2,1-2H3,(H,16,17)(H2,15,18,19). The average Bonchev–Trinajstić information content (AvgIpc) is 2.83. The van der Waals surface area contributed by atoms with Gasteiger partial charge in [0.25, 0.3) is 5.91 Å². The van der Waals surface area contributed by atoms with E-state index in [4.69, 9.17) is 9.88 Å². The van der Waals surface area contributed by atoms with Crippen LogP contribution in [0.4, 0.5) is 0 Å². The van der Waals surface area contributed by atoms with E-state index in [9.17, 15) is 13.2 Å². The molecule has 2 rings (SSSR count). The fraction of sp³-hybridized carbons (Fsp3) is 0.500. The summed E-state index contributed by atoms with van der Waals surface area (Å²) in [5.41, 5.74) is 0.0339. The van der Waals surface area contributed by atoms with E-state index in [1.165, 1.54) is 25.3 Å². The van der Waals surface area contributed by atoms with Crippen molar-refractivity contribution in [2.45, 2.75) is 43.0 Å². The van der Waals surface area contributed by atoms with Crippen molar-refractivity contribution >= 4 is 15.9 Å². The quantitative estimate of drug-likeness (QED) is 0.878. The molecular weight excluding hydrogens is 292 g/mol. The molecule has 1 aliphatic rings. The lowest BCUT2D eigenvalue weighted by Crippen LogP contribution is -2.43. The summed E-state index contributed by atoms with van der Waals surface area (Å²) in [7, 11) is -2.60. The zero-order valence-electron chi connectivity index (χ0n) is 12.2. The van der Waals surface area contributed by atoms with Gasteiger partial charge in [-0.3, -0.25) is 4.79 Å². The van der Waals surface area contributed by atoms with Crippen molar-refractivity contribution in [3.8, 4) is 5.75 Å². The van der Waals surface area contributed by atoms with Gasteiger partial charge in [0.05, 0.1) is 7.11 Å². The van der Waals surface area contributed by atoms with Crippen molar-refractivity contribution in [1.29, 1.82) is 0 Å². The van der Waals surface area contributed by atoms with Crippen LogP contribution in [0.1, 0.15) is 43.0 Å². The number of ether oxygens (including phenoxy) is 1. The van der Waals surface area contributed by atoms with Crippen molar-refractivity contribution in [2.24, 2.45) is 5.14 Å². The van der Waals surface area contributed by atoms with Crippen LogP contribution in [0.25, 0.3) is 0 Å². The van der Waals surface area contributed by atoms with Crippen molar-refractivity contribution in [3.05, 3.63) is 23.8 Å². The highest BCUT2D eigenvalue weighted by Gasteiger charge is 2.30. The number of carbonyl (C=O) groups excluding carboxylic acids is 1. The van der Waals surface area contributed by atoms with E-state index in [0.29, 0.717) is 0 Å². The van der Waals surface area contributed by atoms with Crippen LogP contribution in [0.2, 0.25) is 0 Å². The van der Waals surface area contributed by atoms with Gasteiger partial charge >= 0.3 is 0 Å². The molecule has 1 fully saturated rings. The molecule has 0 saturated heterocycles. The third kappa shape index (κ3) is 3.54. The maximum Gasteiger partial charge on any atom is 0.251 e. The second-order valence-corrected chi connectivity index (χ2v) is 7.16. The summed E-state index contributed by atoms with van der Waals surface area (Å²) in [6.45, 7) is 2.00. The van der Waals surface area contributed by atoms with Gasteiger partial charge in [0.2, 0.25) is 10.0 Å². The monoisotopic (exact) mass is 312 g/mol. The highest BCUT2D eigenvalue weighted by Crippen LogP contribution is 2.30. The van der Waals surface area contributed by atoms with E-state index in [2.05, 4.69) is 5.32 Å². The lowest BCUT2D eigenvalue weighted by molar-refractivity contribution is 0.0908. The van der Waals surface area contributed by atoms with Crippen LogP contribution < -0.4 is 15.2 Å². The minimum absolute atomic E-state index is 0.126. The molecule has 7 heteroatoms. The number of carbonyl (C=O) groups is 1. The van der Waals surface area contributed by atoms with Gasteiger partial charge in [-0.15, -0.1) is 0 Å². The molecule has 1 aromatic carbocycles. The summed E-state index contributed by atoms with van der Waals surface area (Å²) in [5, 5.41) is 8.12. The number of methoxy groups -OCH3 is 1. The Balaban J connectivity index is 2.30. The molecule has 0 bridgehead atoms. The lowest BCUT2D eigenvalue weighted by Gasteiger charge is -2.25. The van der Waals surface area contributed by atoms with Gasteiger partial charge in [0, 0.05) is 11.1 Å². The summed E-state index contributed by atoms with van der Waals surface area (Å²) in [6, 6.07) is 4.22. The van der Waals surface area contributed by atoms with E-state index < -0.39 is 10.0 Å². The number of sulfonamides is 1. The summed E-state index contributed by atoms with van der Waals surface area (Å²) in [5.74, 6) is -0.173. The van der Waals surface area contributed by atoms with E-state index >= 15 is 0 Å². The number of nitrogens with one attached hydrogen (secondary N) is 1. The summed E-state index contributed by atoms with van der Waals surface area (Å²) in [6.07, 6.45) is 4.03. The first-order valence-electron chi connectivity index (χ1n) is 6.78. The van der Waals surface area contributed by atoms with Crippen LogP contribution in [0.15, 0.2) is 23.1 Å². The van der Waals surface area contributed by atoms with Gasteiger partial charge in [-0.2, -0.15) is 0 Å². The molecule has 6 nitrogen and oxygen atoms in total. The molecule has 1 saturated carbocycles. The van der Waals surface area contributed by atoms with E-state index in [1.54, 1.807) is 0 Å². The largest absolute Gasteiger partial charge is 0.495 e. The molecule has 116 valence electrons. The highest BCUT2D eigenvalue weighted by molar-refractivity contribution is 7.89. The smallest absolute Gasteiger partial charge is 0.251 e. The van der Waals surface area contributed by atoms with E-state index in [-0.39, 0.29) is 27.7 Å². The molecule has 1 aliphatic carbocycles. The molecule has 0 aromatic heterocycles. The third-order valence-corrected chi connectivity index (χ3v) is 4.79. The van der Waals surface area contributed by atoms with Crippen LogP contribution in [-0.4, -0.2) is 27.0 Å². The molecule has 0 aliphatic heterocycles. The van der Waals surface area contributed by atoms with Crippen molar-refractivity contribution < 1.29 is 17.9 Å². The number of amides is 1. The summed E-state index contributed by atoms with van der Waals surface area (Å²) < 4.78 is 28.1. The maximum absolute atomic E-state index is 12.3. The minimum Gasteiger partial charge on any atom is -0.495 e. The van der Waals surface area contributed by atoms with Crippen LogP contribution in [0, 0.1) is 0 Å². The molecule has 3 N–H and O–H groups in total. The maximum atomic E-state index is 12.3. The van der Waals surface area contributed by atoms with Gasteiger partial charge in [0.1, 0.15) is 10.6 Å². The summed E-state index contributed by atoms with van der Waals surface area (Å²) >= 11 is 0. The van der Waals surface area contributed by atoms with E-state index in [1.807, 2.05) is 6.92 Å². The first kappa shape index (κ1) is 15.8. The van der Waals surface area contributed by atoms with Crippen molar-refractivity contribution in [3.63, 3.8) is 0 Å². The number of hydrogen-bond donors (Lipinski definition) is 2. The van der Waals surface area contributed by atoms with E-state index in [0.717, 1.165) is 25.7 Å². The zero-order chi connectivity index (χ0) is 15.7. The second kappa shape index (κ2) is 5.65. The fourth-order valence-corrected chi connectivity index (χ4v) is 3.39. The van der Waals surface area contributed by atoms with Gasteiger partial charge in [-0.05, 0) is 38.0 Å². The van der Waals surface area contributed by atoms with Gasteiger partial charge in [0.15, 0.2) is 0 Å². The molecule has 0 unspecified atom stereocenters. The van der Waals surface area contributed by atoms with Crippen LogP contribution >= 0.6 is 0 Å². The average molecular weight is 312 g/mol. The fourth-order valence-electron chi connectivity index (χ4n) is 2.67. The topological polar surface area (TPSA) is 98.5 Å². The first-order chi connectivity index (χ1) is 9.75. The molecule has 0 atom stereocenters. The Labute approximate surface area is 124 Å². The molecule has 1 aromatic rings. The Bertz CT molecular complexity index is 649. The Hall–Kier alpha value is -1.60. The molecule has 21 heavy (non-hydrogen) atoms. The number of hydrogen-bond acceptors (Lipinski definition) is 4. The Morgan fingerprint density at radius 1 is 1.33 bits per heavy atom. The van der Waals surface area contributed by atoms with Crippen LogP contribution in [-0.2, 0) is 10.0 Å². The highest BCUT2D eigenvalue weighted by atomic mass is 32.2. The minimum atomic E-state index is -3.95. The molecule has 1 amide bonds. The predicted octanol–water partition coefficient (Wildman–Crippen LogP) is 1.41. The molecule has 0 spiro atoms. The van der Waals surface area contributed by atoms with Crippen molar-refractivity contribution in [1.82, 2.24) is 5.32 Å². The number of nitrogens with two attached hydrogens (primary N) is 1. The SMILES string of the molecule is COc1ccc(C(=O)NC2(C)CCCC2)cc1S(N)(=O)=O. The van der Waals surface area contributed by atoms with Gasteiger partial charge in [-0.1, -0.05) is 12.8 Å². The molecular formula is C14H20N2O4S. The van der Waals surface area contributed by atoms with Crippen LogP contribution in [0.3, 0.4) is 0 Å². The third-order valence-electron chi connectivity index (χ3n) is 3.85. The van der Waals surface area contributed by atoms with Crippen LogP contribution in [0.5, 0.6) is 5.75 Å². The Morgan fingerprint density at radius 3 is 2.48 bits per heavy atom. The Morgan fingerprint density at radius 2 is 1.95 bits per heavy atom. The van der Waals surface area contributed by atoms with Crippen molar-refractivity contribution in [2.75, 3.05) is 7.11 Å². The second-order valence-electron chi connectivity index (χ2n) is 5.63. The molecule has 0 radical (unpaired) electrons. The number of rotatable bonds is 4. The number of benzene rings is 1. The first-order valence-corrected chi connectivity index (χ1v) is 8.33.